The van der Waals surface area contributed by atoms with Crippen molar-refractivity contribution < 1.29 is 18.7 Å². The summed E-state index contributed by atoms with van der Waals surface area (Å²) in [4.78, 5) is 26.5. The zero-order chi connectivity index (χ0) is 18.5. The van der Waals surface area contributed by atoms with E-state index >= 15 is 0 Å². The van der Waals surface area contributed by atoms with Crippen LogP contribution >= 0.6 is 11.8 Å². The lowest BCUT2D eigenvalue weighted by atomic mass is 10.2. The topological polar surface area (TPSA) is 61.9 Å². The van der Waals surface area contributed by atoms with Gasteiger partial charge in [0.05, 0.1) is 24.5 Å². The number of benzene rings is 1. The molecule has 0 aromatic heterocycles. The Hall–Kier alpha value is -1.96. The second-order valence-electron chi connectivity index (χ2n) is 6.50. The van der Waals surface area contributed by atoms with Gasteiger partial charge in [-0.2, -0.15) is 11.8 Å². The van der Waals surface area contributed by atoms with E-state index in [0.717, 1.165) is 37.4 Å². The molecule has 0 saturated carbocycles. The molecule has 142 valence electrons. The molecule has 0 bridgehead atoms. The average molecular weight is 381 g/mol. The Kier molecular flexibility index (Phi) is 6.24. The standard InChI is InChI=1S/C18H24FN3O3S/c1-13(23)20-11-15-12-22(18(24)25-15)14-4-5-17(16(19)10-14)21-6-2-8-26-9-3-7-21/h4-5,10,15H,2-3,6-9,11-12H2,1H3,(H,20,23)/t15-/m0/s1. The molecule has 1 aromatic carbocycles. The Labute approximate surface area is 157 Å². The normalized spacial score (nSPS) is 21.2. The molecule has 0 unspecified atom stereocenters. The van der Waals surface area contributed by atoms with Gasteiger partial charge in [0, 0.05) is 20.0 Å². The van der Waals surface area contributed by atoms with Crippen LogP contribution in [0.5, 0.6) is 0 Å². The fraction of sp³-hybridized carbons (Fsp3) is 0.556. The van der Waals surface area contributed by atoms with E-state index in [1.54, 1.807) is 12.1 Å². The summed E-state index contributed by atoms with van der Waals surface area (Å²) in [7, 11) is 0. The molecule has 8 heteroatoms. The molecule has 2 heterocycles. The minimum Gasteiger partial charge on any atom is -0.442 e. The number of ether oxygens (including phenoxy) is 1. The van der Waals surface area contributed by atoms with Crippen LogP contribution in [0.3, 0.4) is 0 Å². The summed E-state index contributed by atoms with van der Waals surface area (Å²) < 4.78 is 20.0. The number of carbonyl (C=O) groups excluding carboxylic acids is 2. The lowest BCUT2D eigenvalue weighted by Crippen LogP contribution is -2.33. The van der Waals surface area contributed by atoms with Crippen molar-refractivity contribution in [3.63, 3.8) is 0 Å². The number of amides is 2. The third kappa shape index (κ3) is 4.60. The van der Waals surface area contributed by atoms with Crippen molar-refractivity contribution in [1.29, 1.82) is 0 Å². The maximum absolute atomic E-state index is 14.7. The molecular weight excluding hydrogens is 357 g/mol. The lowest BCUT2D eigenvalue weighted by molar-refractivity contribution is -0.119. The molecule has 1 atom stereocenters. The highest BCUT2D eigenvalue weighted by Crippen LogP contribution is 2.29. The molecule has 0 spiro atoms. The highest BCUT2D eigenvalue weighted by Gasteiger charge is 2.32. The fourth-order valence-corrected chi connectivity index (χ4v) is 4.06. The zero-order valence-electron chi connectivity index (χ0n) is 14.9. The molecule has 26 heavy (non-hydrogen) atoms. The van der Waals surface area contributed by atoms with Gasteiger partial charge in [0.15, 0.2) is 0 Å². The van der Waals surface area contributed by atoms with Gasteiger partial charge in [0.2, 0.25) is 5.91 Å². The Morgan fingerprint density at radius 1 is 1.35 bits per heavy atom. The second kappa shape index (κ2) is 8.62. The van der Waals surface area contributed by atoms with E-state index in [1.807, 2.05) is 11.8 Å². The van der Waals surface area contributed by atoms with Crippen LogP contribution in [-0.4, -0.2) is 55.8 Å². The van der Waals surface area contributed by atoms with Crippen molar-refractivity contribution in [3.05, 3.63) is 24.0 Å². The smallest absolute Gasteiger partial charge is 0.414 e. The number of carbonyl (C=O) groups is 2. The lowest BCUT2D eigenvalue weighted by Gasteiger charge is -2.27. The van der Waals surface area contributed by atoms with Gasteiger partial charge in [-0.25, -0.2) is 9.18 Å². The van der Waals surface area contributed by atoms with Gasteiger partial charge in [0.1, 0.15) is 11.9 Å². The third-order valence-corrected chi connectivity index (χ3v) is 5.62. The third-order valence-electron chi connectivity index (χ3n) is 4.47. The highest BCUT2D eigenvalue weighted by atomic mass is 32.2. The molecule has 2 aliphatic heterocycles. The van der Waals surface area contributed by atoms with E-state index < -0.39 is 12.2 Å². The van der Waals surface area contributed by atoms with Crippen molar-refractivity contribution in [2.24, 2.45) is 0 Å². The van der Waals surface area contributed by atoms with Gasteiger partial charge in [-0.3, -0.25) is 9.69 Å². The summed E-state index contributed by atoms with van der Waals surface area (Å²) in [5, 5.41) is 2.63. The summed E-state index contributed by atoms with van der Waals surface area (Å²) >= 11 is 1.95. The van der Waals surface area contributed by atoms with Crippen LogP contribution in [0, 0.1) is 5.82 Å². The highest BCUT2D eigenvalue weighted by molar-refractivity contribution is 7.99. The molecule has 2 fully saturated rings. The van der Waals surface area contributed by atoms with Gasteiger partial charge in [-0.15, -0.1) is 0 Å². The van der Waals surface area contributed by atoms with E-state index in [1.165, 1.54) is 17.9 Å². The molecule has 2 saturated heterocycles. The van der Waals surface area contributed by atoms with Gasteiger partial charge in [-0.1, -0.05) is 0 Å². The van der Waals surface area contributed by atoms with Gasteiger partial charge in [0.25, 0.3) is 0 Å². The van der Waals surface area contributed by atoms with Crippen LogP contribution in [0.15, 0.2) is 18.2 Å². The maximum atomic E-state index is 14.7. The monoisotopic (exact) mass is 381 g/mol. The maximum Gasteiger partial charge on any atom is 0.414 e. The minimum atomic E-state index is -0.518. The number of hydrogen-bond acceptors (Lipinski definition) is 5. The molecule has 0 radical (unpaired) electrons. The van der Waals surface area contributed by atoms with E-state index in [4.69, 9.17) is 4.74 Å². The molecule has 2 amide bonds. The Morgan fingerprint density at radius 2 is 2.08 bits per heavy atom. The first kappa shape index (κ1) is 18.8. The molecule has 3 rings (SSSR count). The van der Waals surface area contributed by atoms with Gasteiger partial charge < -0.3 is 15.0 Å². The minimum absolute atomic E-state index is 0.179. The Balaban J connectivity index is 1.68. The van der Waals surface area contributed by atoms with Crippen LogP contribution < -0.4 is 15.1 Å². The second-order valence-corrected chi connectivity index (χ2v) is 7.72. The molecule has 2 aliphatic rings. The van der Waals surface area contributed by atoms with Gasteiger partial charge >= 0.3 is 6.09 Å². The number of hydrogen-bond donors (Lipinski definition) is 1. The summed E-state index contributed by atoms with van der Waals surface area (Å²) in [6.07, 6.45) is 1.13. The Bertz CT molecular complexity index is 665. The largest absolute Gasteiger partial charge is 0.442 e. The average Bonchev–Trinajstić information content (AvgIpc) is 2.94. The van der Waals surface area contributed by atoms with Crippen molar-refractivity contribution >= 4 is 35.1 Å². The van der Waals surface area contributed by atoms with E-state index in [9.17, 15) is 14.0 Å². The molecule has 1 aromatic rings. The summed E-state index contributed by atoms with van der Waals surface area (Å²) in [5.41, 5.74) is 1.06. The number of nitrogens with one attached hydrogen (secondary N) is 1. The molecule has 1 N–H and O–H groups in total. The van der Waals surface area contributed by atoms with Crippen molar-refractivity contribution in [2.75, 3.05) is 47.5 Å². The van der Waals surface area contributed by atoms with Crippen LogP contribution in [-0.2, 0) is 9.53 Å². The number of rotatable bonds is 4. The molecule has 6 nitrogen and oxygen atoms in total. The quantitative estimate of drug-likeness (QED) is 0.869. The number of halogens is 1. The zero-order valence-corrected chi connectivity index (χ0v) is 15.7. The van der Waals surface area contributed by atoms with E-state index in [2.05, 4.69) is 10.2 Å². The van der Waals surface area contributed by atoms with Crippen molar-refractivity contribution in [1.82, 2.24) is 5.32 Å². The number of thioether (sulfide) groups is 1. The SMILES string of the molecule is CC(=O)NC[C@H]1CN(c2ccc(N3CCCSCCC3)c(F)c2)C(=O)O1. The summed E-state index contributed by atoms with van der Waals surface area (Å²) in [6.45, 7) is 3.64. The summed E-state index contributed by atoms with van der Waals surface area (Å²) in [5.74, 6) is 1.70. The van der Waals surface area contributed by atoms with Gasteiger partial charge in [-0.05, 0) is 42.5 Å². The predicted molar refractivity (Wildman–Crippen MR) is 101 cm³/mol. The van der Waals surface area contributed by atoms with Crippen LogP contribution in [0.25, 0.3) is 0 Å². The predicted octanol–water partition coefficient (Wildman–Crippen LogP) is 2.62. The summed E-state index contributed by atoms with van der Waals surface area (Å²) in [6, 6.07) is 4.90. The molecular formula is C18H24FN3O3S. The van der Waals surface area contributed by atoms with Crippen LogP contribution in [0.2, 0.25) is 0 Å². The van der Waals surface area contributed by atoms with Crippen LogP contribution in [0.1, 0.15) is 19.8 Å². The number of anilines is 2. The number of cyclic esters (lactones) is 1. The number of nitrogens with zero attached hydrogens (tertiary/aromatic N) is 2. The van der Waals surface area contributed by atoms with Crippen LogP contribution in [0.4, 0.5) is 20.6 Å². The first-order valence-corrected chi connectivity index (χ1v) is 10.0. The fourth-order valence-electron chi connectivity index (χ4n) is 3.19. The Morgan fingerprint density at radius 3 is 2.73 bits per heavy atom. The molecule has 0 aliphatic carbocycles. The first-order valence-electron chi connectivity index (χ1n) is 8.89. The van der Waals surface area contributed by atoms with Crippen molar-refractivity contribution in [3.8, 4) is 0 Å². The van der Waals surface area contributed by atoms with Crippen molar-refractivity contribution in [2.45, 2.75) is 25.9 Å². The van der Waals surface area contributed by atoms with E-state index in [0.29, 0.717) is 17.9 Å². The first-order chi connectivity index (χ1) is 12.5. The van der Waals surface area contributed by atoms with E-state index in [-0.39, 0.29) is 18.3 Å².